The predicted octanol–water partition coefficient (Wildman–Crippen LogP) is 3.49. The second kappa shape index (κ2) is 9.99. The molecule has 1 saturated heterocycles. The van der Waals surface area contributed by atoms with E-state index in [4.69, 9.17) is 9.47 Å². The number of benzene rings is 2. The molecule has 2 aromatic carbocycles. The molecule has 0 saturated carbocycles. The topological polar surface area (TPSA) is 54.0 Å². The zero-order chi connectivity index (χ0) is 19.8. The molecule has 2 aromatic rings. The highest BCUT2D eigenvalue weighted by atomic mass is 16.5. The van der Waals surface area contributed by atoms with Crippen molar-refractivity contribution in [3.05, 3.63) is 54.1 Å². The molecule has 0 aliphatic carbocycles. The van der Waals surface area contributed by atoms with Crippen molar-refractivity contribution in [3.63, 3.8) is 0 Å². The largest absolute Gasteiger partial charge is 0.496 e. The molecule has 0 unspecified atom stereocenters. The molecule has 0 bridgehead atoms. The van der Waals surface area contributed by atoms with Crippen LogP contribution < -0.4 is 14.8 Å². The predicted molar refractivity (Wildman–Crippen MR) is 111 cm³/mol. The lowest BCUT2D eigenvalue weighted by atomic mass is 10.1. The van der Waals surface area contributed by atoms with Crippen LogP contribution in [0.15, 0.2) is 48.5 Å². The van der Waals surface area contributed by atoms with E-state index in [0.717, 1.165) is 56.3 Å². The minimum Gasteiger partial charge on any atom is -0.496 e. The van der Waals surface area contributed by atoms with Crippen molar-refractivity contribution in [2.24, 2.45) is 0 Å². The highest BCUT2D eigenvalue weighted by Crippen LogP contribution is 2.19. The summed E-state index contributed by atoms with van der Waals surface area (Å²) < 4.78 is 10.9. The molecule has 0 spiro atoms. The Bertz CT molecular complexity index is 756. The first-order valence-corrected chi connectivity index (χ1v) is 9.82. The fourth-order valence-electron chi connectivity index (χ4n) is 3.37. The summed E-state index contributed by atoms with van der Waals surface area (Å²) in [5, 5.41) is 2.97. The van der Waals surface area contributed by atoms with Crippen molar-refractivity contribution in [2.45, 2.75) is 13.3 Å². The molecular weight excluding hydrogens is 354 g/mol. The monoisotopic (exact) mass is 383 g/mol. The molecule has 1 heterocycles. The molecule has 150 valence electrons. The summed E-state index contributed by atoms with van der Waals surface area (Å²) >= 11 is 0. The summed E-state index contributed by atoms with van der Waals surface area (Å²) in [6, 6.07) is 15.6. The Morgan fingerprint density at radius 3 is 2.43 bits per heavy atom. The van der Waals surface area contributed by atoms with Crippen LogP contribution in [0.1, 0.15) is 12.5 Å². The quantitative estimate of drug-likeness (QED) is 0.795. The van der Waals surface area contributed by atoms with E-state index in [2.05, 4.69) is 16.3 Å². The first-order chi connectivity index (χ1) is 13.7. The lowest BCUT2D eigenvalue weighted by Crippen LogP contribution is -2.50. The van der Waals surface area contributed by atoms with Crippen LogP contribution in [0.5, 0.6) is 11.5 Å². The summed E-state index contributed by atoms with van der Waals surface area (Å²) in [5.41, 5.74) is 2.01. The average molecular weight is 383 g/mol. The van der Waals surface area contributed by atoms with Crippen LogP contribution >= 0.6 is 0 Å². The van der Waals surface area contributed by atoms with Gasteiger partial charge in [-0.2, -0.15) is 0 Å². The maximum Gasteiger partial charge on any atom is 0.321 e. The molecular formula is C22H29N3O3. The van der Waals surface area contributed by atoms with E-state index in [9.17, 15) is 4.79 Å². The van der Waals surface area contributed by atoms with E-state index in [-0.39, 0.29) is 6.03 Å². The minimum absolute atomic E-state index is 0.0476. The first-order valence-electron chi connectivity index (χ1n) is 9.82. The highest BCUT2D eigenvalue weighted by Gasteiger charge is 2.21. The van der Waals surface area contributed by atoms with Crippen molar-refractivity contribution >= 4 is 11.7 Å². The number of nitrogens with one attached hydrogen (secondary N) is 1. The van der Waals surface area contributed by atoms with Crippen LogP contribution in [-0.2, 0) is 6.42 Å². The highest BCUT2D eigenvalue weighted by molar-refractivity contribution is 5.89. The number of amides is 2. The first kappa shape index (κ1) is 20.0. The van der Waals surface area contributed by atoms with E-state index in [1.54, 1.807) is 7.11 Å². The van der Waals surface area contributed by atoms with Gasteiger partial charge in [-0.15, -0.1) is 0 Å². The molecule has 1 fully saturated rings. The number of hydrogen-bond acceptors (Lipinski definition) is 4. The molecule has 2 amide bonds. The zero-order valence-corrected chi connectivity index (χ0v) is 16.7. The number of carbonyl (C=O) groups excluding carboxylic acids is 1. The second-order valence-electron chi connectivity index (χ2n) is 6.78. The van der Waals surface area contributed by atoms with Crippen LogP contribution in [0.3, 0.4) is 0 Å². The second-order valence-corrected chi connectivity index (χ2v) is 6.78. The number of hydrogen-bond donors (Lipinski definition) is 1. The van der Waals surface area contributed by atoms with Crippen LogP contribution in [0.25, 0.3) is 0 Å². The van der Waals surface area contributed by atoms with E-state index >= 15 is 0 Å². The van der Waals surface area contributed by atoms with E-state index < -0.39 is 0 Å². The van der Waals surface area contributed by atoms with Gasteiger partial charge in [-0.3, -0.25) is 4.90 Å². The molecule has 3 rings (SSSR count). The van der Waals surface area contributed by atoms with Crippen molar-refractivity contribution < 1.29 is 14.3 Å². The molecule has 1 aliphatic rings. The van der Waals surface area contributed by atoms with Crippen molar-refractivity contribution in [3.8, 4) is 11.5 Å². The summed E-state index contributed by atoms with van der Waals surface area (Å²) in [4.78, 5) is 16.8. The number of methoxy groups -OCH3 is 1. The van der Waals surface area contributed by atoms with Crippen LogP contribution in [-0.4, -0.2) is 62.3 Å². The summed E-state index contributed by atoms with van der Waals surface area (Å²) in [7, 11) is 1.71. The number of para-hydroxylation sites is 1. The number of urea groups is 1. The number of ether oxygens (including phenoxy) is 2. The Balaban J connectivity index is 1.43. The molecule has 1 aliphatic heterocycles. The number of piperazine rings is 1. The van der Waals surface area contributed by atoms with Gasteiger partial charge in [0.15, 0.2) is 0 Å². The van der Waals surface area contributed by atoms with Gasteiger partial charge in [-0.25, -0.2) is 4.79 Å². The Labute approximate surface area is 167 Å². The van der Waals surface area contributed by atoms with E-state index in [1.807, 2.05) is 54.3 Å². The fraction of sp³-hybridized carbons (Fsp3) is 0.409. The van der Waals surface area contributed by atoms with Crippen LogP contribution in [0.4, 0.5) is 10.5 Å². The molecule has 0 atom stereocenters. The van der Waals surface area contributed by atoms with Crippen LogP contribution in [0, 0.1) is 0 Å². The molecule has 6 heteroatoms. The molecule has 6 nitrogen and oxygen atoms in total. The summed E-state index contributed by atoms with van der Waals surface area (Å²) in [6.45, 7) is 6.77. The number of carbonyl (C=O) groups is 1. The lowest BCUT2D eigenvalue weighted by molar-refractivity contribution is 0.148. The maximum absolute atomic E-state index is 12.5. The van der Waals surface area contributed by atoms with E-state index in [0.29, 0.717) is 6.61 Å². The fourth-order valence-corrected chi connectivity index (χ4v) is 3.37. The molecule has 28 heavy (non-hydrogen) atoms. The third-order valence-corrected chi connectivity index (χ3v) is 4.97. The van der Waals surface area contributed by atoms with Crippen LogP contribution in [0.2, 0.25) is 0 Å². The lowest BCUT2D eigenvalue weighted by Gasteiger charge is -2.34. The molecule has 0 radical (unpaired) electrons. The number of rotatable bonds is 7. The summed E-state index contributed by atoms with van der Waals surface area (Å²) in [5.74, 6) is 1.75. The third-order valence-electron chi connectivity index (χ3n) is 4.97. The van der Waals surface area contributed by atoms with Crippen molar-refractivity contribution in [2.75, 3.05) is 51.8 Å². The van der Waals surface area contributed by atoms with Gasteiger partial charge < -0.3 is 19.7 Å². The van der Waals surface area contributed by atoms with Gasteiger partial charge in [-0.05, 0) is 49.2 Å². The van der Waals surface area contributed by atoms with Crippen molar-refractivity contribution in [1.82, 2.24) is 9.80 Å². The van der Waals surface area contributed by atoms with E-state index in [1.165, 1.54) is 5.56 Å². The Morgan fingerprint density at radius 2 is 1.75 bits per heavy atom. The molecule has 0 aromatic heterocycles. The Kier molecular flexibility index (Phi) is 7.14. The SMILES string of the molecule is CCOc1ccc(NC(=O)N2CCN(CCc3ccccc3OC)CC2)cc1. The van der Waals surface area contributed by atoms with Crippen molar-refractivity contribution in [1.29, 1.82) is 0 Å². The van der Waals surface area contributed by atoms with Gasteiger partial charge in [0.05, 0.1) is 13.7 Å². The maximum atomic E-state index is 12.5. The Morgan fingerprint density at radius 1 is 1.04 bits per heavy atom. The normalized spacial score (nSPS) is 14.6. The number of anilines is 1. The smallest absolute Gasteiger partial charge is 0.321 e. The van der Waals surface area contributed by atoms with Gasteiger partial charge in [0, 0.05) is 38.4 Å². The average Bonchev–Trinajstić information content (AvgIpc) is 2.74. The standard InChI is InChI=1S/C22H29N3O3/c1-3-28-20-10-8-19(9-11-20)23-22(26)25-16-14-24(15-17-25)13-12-18-6-4-5-7-21(18)27-2/h4-11H,3,12-17H2,1-2H3,(H,23,26). The Hall–Kier alpha value is -2.73. The minimum atomic E-state index is -0.0476. The van der Waals surface area contributed by atoms with Gasteiger partial charge in [0.25, 0.3) is 0 Å². The summed E-state index contributed by atoms with van der Waals surface area (Å²) in [6.07, 6.45) is 0.947. The third kappa shape index (κ3) is 5.39. The van der Waals surface area contributed by atoms with Gasteiger partial charge >= 0.3 is 6.03 Å². The number of nitrogens with zero attached hydrogens (tertiary/aromatic N) is 2. The van der Waals surface area contributed by atoms with Gasteiger partial charge in [0.2, 0.25) is 0 Å². The molecule has 1 N–H and O–H groups in total. The van der Waals surface area contributed by atoms with Gasteiger partial charge in [0.1, 0.15) is 11.5 Å². The van der Waals surface area contributed by atoms with Gasteiger partial charge in [-0.1, -0.05) is 18.2 Å². The zero-order valence-electron chi connectivity index (χ0n) is 16.7.